The minimum atomic E-state index is -3.74. The number of sulfonamides is 1. The summed E-state index contributed by atoms with van der Waals surface area (Å²) in [6.45, 7) is 6.91. The van der Waals surface area contributed by atoms with Crippen LogP contribution in [0.2, 0.25) is 20.1 Å². The molecular formula is C52H72Cl4N12O9S2. The summed E-state index contributed by atoms with van der Waals surface area (Å²) in [7, 11) is -1.12. The number of rotatable bonds is 29. The van der Waals surface area contributed by atoms with Crippen LogP contribution in [0.4, 0.5) is 9.59 Å². The zero-order valence-electron chi connectivity index (χ0n) is 44.4. The summed E-state index contributed by atoms with van der Waals surface area (Å²) in [6.07, 6.45) is 7.02. The first-order chi connectivity index (χ1) is 38.0. The Morgan fingerprint density at radius 2 is 1.24 bits per heavy atom. The Bertz CT molecular complexity index is 2800. The first kappa shape index (κ1) is 63.7. The van der Waals surface area contributed by atoms with E-state index in [1.54, 1.807) is 24.3 Å². The van der Waals surface area contributed by atoms with Gasteiger partial charge in [-0.2, -0.15) is 0 Å². The fraction of sp³-hybridized carbons (Fsp3) is 0.500. The van der Waals surface area contributed by atoms with Crippen LogP contribution in [-0.2, 0) is 53.0 Å². The Balaban J connectivity index is 0.777. The summed E-state index contributed by atoms with van der Waals surface area (Å²) in [5.41, 5.74) is 15.9. The highest BCUT2D eigenvalue weighted by molar-refractivity contribution is 7.93. The number of likely N-dealkylation sites (N-methyl/N-ethyl adjacent to an activating group) is 2. The number of fused-ring (bicyclic) bond motifs is 2. The van der Waals surface area contributed by atoms with Crippen LogP contribution >= 0.6 is 46.4 Å². The lowest BCUT2D eigenvalue weighted by atomic mass is 9.78. The molecule has 3 aromatic rings. The average molecular weight is 1220 g/mol. The number of nitrogens with one attached hydrogen (secondary N) is 6. The lowest BCUT2D eigenvalue weighted by Gasteiger charge is -2.37. The number of hydrogen-bond donors (Lipinski definition) is 8. The van der Waals surface area contributed by atoms with Gasteiger partial charge in [-0.05, 0) is 110 Å². The maximum Gasteiger partial charge on any atom is 0.318 e. The molecule has 79 heavy (non-hydrogen) atoms. The zero-order valence-corrected chi connectivity index (χ0v) is 49.0. The number of halogens is 4. The largest absolute Gasteiger partial charge is 0.378 e. The monoisotopic (exact) mass is 1210 g/mol. The third-order valence-corrected chi connectivity index (χ3v) is 16.7. The van der Waals surface area contributed by atoms with Crippen LogP contribution in [-0.4, -0.2) is 166 Å². The number of guanidine groups is 2. The number of aliphatic imine (C=N–C) groups is 2. The van der Waals surface area contributed by atoms with Gasteiger partial charge in [0.2, 0.25) is 10.0 Å². The number of carbonyl (C=O) groups excluding carboxylic acids is 2. The van der Waals surface area contributed by atoms with Gasteiger partial charge in [0.15, 0.2) is 11.9 Å². The van der Waals surface area contributed by atoms with Crippen molar-refractivity contribution in [2.45, 2.75) is 49.1 Å². The molecule has 434 valence electrons. The van der Waals surface area contributed by atoms with Gasteiger partial charge < -0.3 is 50.8 Å². The highest BCUT2D eigenvalue weighted by Gasteiger charge is 2.34. The molecule has 2 heterocycles. The number of carbonyl (C=O) groups is 2. The third kappa shape index (κ3) is 21.1. The van der Waals surface area contributed by atoms with E-state index in [4.69, 9.17) is 76.8 Å². The summed E-state index contributed by atoms with van der Waals surface area (Å²) in [5, 5.41) is 13.3. The smallest absolute Gasteiger partial charge is 0.318 e. The lowest BCUT2D eigenvalue weighted by Crippen LogP contribution is -2.45. The van der Waals surface area contributed by atoms with Crippen molar-refractivity contribution in [1.82, 2.24) is 40.5 Å². The van der Waals surface area contributed by atoms with E-state index in [2.05, 4.69) is 57.5 Å². The number of hydrogen-bond acceptors (Lipinski definition) is 13. The molecule has 21 nitrogen and oxygen atoms in total. The fourth-order valence-electron chi connectivity index (χ4n) is 9.26. The van der Waals surface area contributed by atoms with Crippen molar-refractivity contribution in [3.05, 3.63) is 120 Å². The van der Waals surface area contributed by atoms with Crippen molar-refractivity contribution in [1.29, 1.82) is 0 Å². The van der Waals surface area contributed by atoms with Crippen molar-refractivity contribution in [3.63, 3.8) is 0 Å². The summed E-state index contributed by atoms with van der Waals surface area (Å²) in [4.78, 5) is 37.3. The Hall–Kier alpha value is -4.44. The van der Waals surface area contributed by atoms with Crippen LogP contribution in [0.25, 0.3) is 0 Å². The molecule has 4 atom stereocenters. The van der Waals surface area contributed by atoms with Gasteiger partial charge in [-0.1, -0.05) is 70.7 Å². The number of unbranched alkanes of at least 4 members (excludes halogenated alkanes) is 1. The second-order valence-electron chi connectivity index (χ2n) is 18.9. The van der Waals surface area contributed by atoms with Gasteiger partial charge in [0.1, 0.15) is 11.0 Å². The summed E-state index contributed by atoms with van der Waals surface area (Å²) < 4.78 is 67.8. The number of primary amides is 2. The summed E-state index contributed by atoms with van der Waals surface area (Å²) in [5.74, 6) is 0.399. The van der Waals surface area contributed by atoms with Crippen LogP contribution in [0.5, 0.6) is 0 Å². The van der Waals surface area contributed by atoms with Gasteiger partial charge in [-0.25, -0.2) is 31.7 Å². The zero-order chi connectivity index (χ0) is 56.7. The topological polar surface area (TPSA) is 278 Å². The molecular weight excluding hydrogens is 1140 g/mol. The minimum Gasteiger partial charge on any atom is -0.378 e. The molecule has 27 heteroatoms. The van der Waals surface area contributed by atoms with Crippen molar-refractivity contribution in [2.24, 2.45) is 27.4 Å². The number of nitrogens with two attached hydrogens (primary N) is 2. The molecule has 2 unspecified atom stereocenters. The maximum absolute atomic E-state index is 13.3. The standard InChI is InChI=1S/C52H72Cl4N12O9S2/c1-67-31-43(41-27-37(53)29-47(55)45(41)33-67)35-7-5-9-39(25-35)78(71)63-15-19-76-23-21-74-17-13-61-51(65-49(57)69)59-11-3-4-12-60-52(66-50(58)70)62-14-18-75-22-24-77-20-16-64-79(72,73)40-10-6-8-36(26-40)44-32-68(2)34-46-42(44)28-38(54)30-48(46)56/h5-10,25,27-30,36,43-44,63-64H,3-4,11-24,26,31-34H2,1-2H3,(H4,57,59,61,65,69)(H4,58,60,62,66,70)/t36?,43-,44-,78?/m0/s1. The van der Waals surface area contributed by atoms with Crippen molar-refractivity contribution in [3.8, 4) is 0 Å². The van der Waals surface area contributed by atoms with Crippen LogP contribution < -0.4 is 42.2 Å². The van der Waals surface area contributed by atoms with E-state index in [0.717, 1.165) is 47.5 Å². The molecule has 1 aliphatic carbocycles. The van der Waals surface area contributed by atoms with E-state index in [1.807, 2.05) is 49.5 Å². The SMILES string of the molecule is CN1Cc2c(Cl)cc(Cl)cc2[C@H](c2cccc(S(=O)NCCOCCOCCNC(=NCCCCN=C(NCCOCCOCCNS(=O)(=O)C3=CC=CC([C@@H]4CN(C)Cc5c(Cl)cc(Cl)cc54)C3)NC(N)=O)NC(N)=O)c2)C1. The predicted molar refractivity (Wildman–Crippen MR) is 312 cm³/mol. The lowest BCUT2D eigenvalue weighted by molar-refractivity contribution is 0.0520. The Morgan fingerprint density at radius 3 is 1.82 bits per heavy atom. The van der Waals surface area contributed by atoms with Gasteiger partial charge in [-0.3, -0.25) is 20.6 Å². The molecule has 0 spiro atoms. The first-order valence-electron chi connectivity index (χ1n) is 25.9. The van der Waals surface area contributed by atoms with Gasteiger partial charge in [-0.15, -0.1) is 0 Å². The molecule has 6 rings (SSSR count). The van der Waals surface area contributed by atoms with E-state index in [0.29, 0.717) is 115 Å². The quantitative estimate of drug-likeness (QED) is 0.0253. The van der Waals surface area contributed by atoms with Crippen LogP contribution in [0, 0.1) is 5.92 Å². The highest BCUT2D eigenvalue weighted by Crippen LogP contribution is 2.43. The normalized spacial score (nSPS) is 18.4. The molecule has 0 bridgehead atoms. The Kier molecular flexibility index (Phi) is 26.5. The molecule has 0 saturated carbocycles. The van der Waals surface area contributed by atoms with E-state index < -0.39 is 33.1 Å². The molecule has 4 amide bonds. The van der Waals surface area contributed by atoms with Gasteiger partial charge >= 0.3 is 12.1 Å². The number of ether oxygens (including phenoxy) is 4. The molecule has 2 aliphatic heterocycles. The molecule has 0 radical (unpaired) electrons. The second kappa shape index (κ2) is 32.9. The molecule has 0 fully saturated rings. The molecule has 3 aliphatic rings. The van der Waals surface area contributed by atoms with Crippen molar-refractivity contribution < 1.29 is 41.2 Å². The Morgan fingerprint density at radius 1 is 0.709 bits per heavy atom. The predicted octanol–water partition coefficient (Wildman–Crippen LogP) is 5.17. The van der Waals surface area contributed by atoms with E-state index in [-0.39, 0.29) is 62.6 Å². The maximum atomic E-state index is 13.3. The number of amides is 4. The van der Waals surface area contributed by atoms with Crippen LogP contribution in [0.3, 0.4) is 0 Å². The minimum absolute atomic E-state index is 0.0318. The molecule has 3 aromatic carbocycles. The van der Waals surface area contributed by atoms with E-state index in [1.165, 1.54) is 0 Å². The highest BCUT2D eigenvalue weighted by atomic mass is 35.5. The number of nitrogens with zero attached hydrogens (tertiary/aromatic N) is 4. The van der Waals surface area contributed by atoms with E-state index >= 15 is 0 Å². The second-order valence-corrected chi connectivity index (χ2v) is 23.7. The summed E-state index contributed by atoms with van der Waals surface area (Å²) in [6, 6.07) is 13.6. The van der Waals surface area contributed by atoms with Crippen molar-refractivity contribution >= 4 is 91.4 Å². The first-order valence-corrected chi connectivity index (χ1v) is 30.1. The Labute approximate surface area is 485 Å². The molecule has 10 N–H and O–H groups in total. The number of urea groups is 2. The fourth-order valence-corrected chi connectivity index (χ4v) is 12.5. The van der Waals surface area contributed by atoms with Gasteiger partial charge in [0.25, 0.3) is 0 Å². The van der Waals surface area contributed by atoms with Crippen LogP contribution in [0.1, 0.15) is 58.9 Å². The molecule has 0 aromatic heterocycles. The third-order valence-electron chi connectivity index (χ3n) is 12.9. The van der Waals surface area contributed by atoms with Crippen LogP contribution in [0.15, 0.2) is 86.5 Å². The van der Waals surface area contributed by atoms with Gasteiger partial charge in [0, 0.05) is 97.4 Å². The van der Waals surface area contributed by atoms with E-state index in [9.17, 15) is 22.2 Å². The average Bonchev–Trinajstić information content (AvgIpc) is 3.41. The molecule has 0 saturated heterocycles. The number of benzene rings is 3. The number of allylic oxidation sites excluding steroid dienone is 4. The summed E-state index contributed by atoms with van der Waals surface area (Å²) >= 11 is 25.8. The van der Waals surface area contributed by atoms with Crippen molar-refractivity contribution in [2.75, 3.05) is 119 Å². The van der Waals surface area contributed by atoms with Gasteiger partial charge in [0.05, 0.1) is 62.7 Å².